The van der Waals surface area contributed by atoms with E-state index in [9.17, 15) is 14.4 Å². The van der Waals surface area contributed by atoms with Gasteiger partial charge in [0.25, 0.3) is 5.91 Å². The van der Waals surface area contributed by atoms with E-state index in [0.717, 1.165) is 28.2 Å². The maximum atomic E-state index is 12.4. The fraction of sp³-hybridized carbons (Fsp3) is 0.200. The van der Waals surface area contributed by atoms with Crippen molar-refractivity contribution in [2.75, 3.05) is 12.4 Å². The highest BCUT2D eigenvalue weighted by Gasteiger charge is 2.16. The Hall–Kier alpha value is -4.20. The van der Waals surface area contributed by atoms with E-state index in [1.54, 1.807) is 36.5 Å². The van der Waals surface area contributed by atoms with Crippen LogP contribution in [-0.4, -0.2) is 35.7 Å². The molecule has 1 heterocycles. The van der Waals surface area contributed by atoms with Gasteiger partial charge in [0.1, 0.15) is 0 Å². The van der Waals surface area contributed by atoms with Crippen molar-refractivity contribution in [3.05, 3.63) is 82.2 Å². The molecule has 1 aromatic heterocycles. The SMILES string of the molecule is COC(=O)c1cccc(-n2c(C)cc(/C=N/NC(=O)c3cccc(NC(C)=O)c3)c2C)c1C. The second-order valence-electron chi connectivity index (χ2n) is 7.56. The molecule has 0 aliphatic rings. The molecule has 170 valence electrons. The number of hydrazone groups is 1. The number of rotatable bonds is 6. The zero-order valence-electron chi connectivity index (χ0n) is 19.2. The summed E-state index contributed by atoms with van der Waals surface area (Å²) in [7, 11) is 1.36. The largest absolute Gasteiger partial charge is 0.465 e. The van der Waals surface area contributed by atoms with Crippen molar-refractivity contribution >= 4 is 29.7 Å². The molecule has 3 rings (SSSR count). The van der Waals surface area contributed by atoms with Crippen molar-refractivity contribution in [1.29, 1.82) is 0 Å². The molecule has 0 fully saturated rings. The summed E-state index contributed by atoms with van der Waals surface area (Å²) in [5.74, 6) is -0.994. The predicted molar refractivity (Wildman–Crippen MR) is 127 cm³/mol. The lowest BCUT2D eigenvalue weighted by atomic mass is 10.1. The Balaban J connectivity index is 1.82. The third-order valence-corrected chi connectivity index (χ3v) is 5.24. The summed E-state index contributed by atoms with van der Waals surface area (Å²) in [4.78, 5) is 35.7. The van der Waals surface area contributed by atoms with Crippen molar-refractivity contribution in [2.45, 2.75) is 27.7 Å². The van der Waals surface area contributed by atoms with Crippen molar-refractivity contribution in [1.82, 2.24) is 9.99 Å². The van der Waals surface area contributed by atoms with E-state index >= 15 is 0 Å². The molecule has 0 spiro atoms. The summed E-state index contributed by atoms with van der Waals surface area (Å²) < 4.78 is 6.91. The highest BCUT2D eigenvalue weighted by molar-refractivity contribution is 5.97. The molecule has 0 bridgehead atoms. The molecule has 2 amide bonds. The molecule has 0 atom stereocenters. The van der Waals surface area contributed by atoms with Crippen LogP contribution >= 0.6 is 0 Å². The van der Waals surface area contributed by atoms with Crippen LogP contribution in [0.15, 0.2) is 53.6 Å². The summed E-state index contributed by atoms with van der Waals surface area (Å²) in [6.45, 7) is 7.18. The van der Waals surface area contributed by atoms with Gasteiger partial charge < -0.3 is 14.6 Å². The monoisotopic (exact) mass is 446 g/mol. The Morgan fingerprint density at radius 1 is 1.03 bits per heavy atom. The molecule has 0 unspecified atom stereocenters. The molecule has 0 radical (unpaired) electrons. The van der Waals surface area contributed by atoms with Gasteiger partial charge in [0.15, 0.2) is 0 Å². The Morgan fingerprint density at radius 3 is 2.45 bits per heavy atom. The van der Waals surface area contributed by atoms with Gasteiger partial charge in [0.2, 0.25) is 5.91 Å². The molecule has 8 heteroatoms. The molecule has 33 heavy (non-hydrogen) atoms. The normalized spacial score (nSPS) is 10.8. The zero-order chi connectivity index (χ0) is 24.1. The summed E-state index contributed by atoms with van der Waals surface area (Å²) in [5, 5.41) is 6.74. The van der Waals surface area contributed by atoms with Crippen LogP contribution in [0.3, 0.4) is 0 Å². The second-order valence-corrected chi connectivity index (χ2v) is 7.56. The van der Waals surface area contributed by atoms with E-state index in [1.165, 1.54) is 14.0 Å². The van der Waals surface area contributed by atoms with Crippen LogP contribution in [0.2, 0.25) is 0 Å². The third kappa shape index (κ3) is 5.17. The van der Waals surface area contributed by atoms with Gasteiger partial charge in [-0.05, 0) is 62.7 Å². The Kier molecular flexibility index (Phi) is 7.07. The number of anilines is 1. The molecule has 0 aliphatic heterocycles. The highest BCUT2D eigenvalue weighted by atomic mass is 16.5. The number of carbonyl (C=O) groups is 3. The van der Waals surface area contributed by atoms with Gasteiger partial charge in [-0.25, -0.2) is 10.2 Å². The molecule has 0 saturated carbocycles. The van der Waals surface area contributed by atoms with Crippen LogP contribution < -0.4 is 10.7 Å². The lowest BCUT2D eigenvalue weighted by Crippen LogP contribution is -2.18. The first-order valence-corrected chi connectivity index (χ1v) is 10.3. The maximum absolute atomic E-state index is 12.4. The number of amides is 2. The third-order valence-electron chi connectivity index (χ3n) is 5.24. The summed E-state index contributed by atoms with van der Waals surface area (Å²) in [5.41, 5.74) is 8.28. The molecule has 0 aliphatic carbocycles. The second kappa shape index (κ2) is 9.95. The number of nitrogens with one attached hydrogen (secondary N) is 2. The first-order valence-electron chi connectivity index (χ1n) is 10.3. The number of carbonyl (C=O) groups excluding carboxylic acids is 3. The Morgan fingerprint density at radius 2 is 1.76 bits per heavy atom. The molecule has 8 nitrogen and oxygen atoms in total. The van der Waals surface area contributed by atoms with Gasteiger partial charge in [-0.15, -0.1) is 0 Å². The number of methoxy groups -OCH3 is 1. The standard InChI is InChI=1S/C25H26N4O4/c1-15-12-20(14-26-28-24(31)19-8-6-9-21(13-19)27-18(4)30)17(3)29(15)23-11-7-10-22(16(23)2)25(32)33-5/h6-14H,1-5H3,(H,27,30)(H,28,31)/b26-14+. The topological polar surface area (TPSA) is 102 Å². The van der Waals surface area contributed by atoms with Crippen molar-refractivity contribution < 1.29 is 19.1 Å². The average molecular weight is 447 g/mol. The Labute approximate surface area is 192 Å². The number of esters is 1. The van der Waals surface area contributed by atoms with E-state index in [-0.39, 0.29) is 11.9 Å². The van der Waals surface area contributed by atoms with Crippen LogP contribution in [0.1, 0.15) is 50.2 Å². The van der Waals surface area contributed by atoms with Crippen LogP contribution in [0, 0.1) is 20.8 Å². The molecule has 2 aromatic carbocycles. The summed E-state index contributed by atoms with van der Waals surface area (Å²) in [6, 6.07) is 14.0. The van der Waals surface area contributed by atoms with Gasteiger partial charge in [0, 0.05) is 40.8 Å². The van der Waals surface area contributed by atoms with Crippen molar-refractivity contribution in [2.24, 2.45) is 5.10 Å². The summed E-state index contributed by atoms with van der Waals surface area (Å²) in [6.07, 6.45) is 1.58. The predicted octanol–water partition coefficient (Wildman–Crippen LogP) is 3.91. The number of hydrogen-bond acceptors (Lipinski definition) is 5. The maximum Gasteiger partial charge on any atom is 0.338 e. The Bertz CT molecular complexity index is 1260. The minimum Gasteiger partial charge on any atom is -0.465 e. The first-order chi connectivity index (χ1) is 15.7. The average Bonchev–Trinajstić information content (AvgIpc) is 3.06. The van der Waals surface area contributed by atoms with Gasteiger partial charge in [-0.2, -0.15) is 5.10 Å². The van der Waals surface area contributed by atoms with Gasteiger partial charge in [-0.3, -0.25) is 9.59 Å². The summed E-state index contributed by atoms with van der Waals surface area (Å²) >= 11 is 0. The quantitative estimate of drug-likeness (QED) is 0.340. The number of ether oxygens (including phenoxy) is 1. The van der Waals surface area contributed by atoms with E-state index in [4.69, 9.17) is 4.74 Å². The molecule has 3 aromatic rings. The number of hydrogen-bond donors (Lipinski definition) is 2. The number of benzene rings is 2. The highest BCUT2D eigenvalue weighted by Crippen LogP contribution is 2.25. The minimum atomic E-state index is -0.395. The lowest BCUT2D eigenvalue weighted by molar-refractivity contribution is -0.114. The molecule has 2 N–H and O–H groups in total. The van der Waals surface area contributed by atoms with E-state index in [2.05, 4.69) is 15.8 Å². The van der Waals surface area contributed by atoms with Gasteiger partial charge >= 0.3 is 5.97 Å². The molecule has 0 saturated heterocycles. The lowest BCUT2D eigenvalue weighted by Gasteiger charge is -2.15. The van der Waals surface area contributed by atoms with E-state index < -0.39 is 5.91 Å². The van der Waals surface area contributed by atoms with Crippen LogP contribution in [0.5, 0.6) is 0 Å². The smallest absolute Gasteiger partial charge is 0.338 e. The van der Waals surface area contributed by atoms with Gasteiger partial charge in [0.05, 0.1) is 18.9 Å². The minimum absolute atomic E-state index is 0.215. The van der Waals surface area contributed by atoms with Crippen LogP contribution in [-0.2, 0) is 9.53 Å². The van der Waals surface area contributed by atoms with Crippen molar-refractivity contribution in [3.63, 3.8) is 0 Å². The fourth-order valence-electron chi connectivity index (χ4n) is 3.65. The van der Waals surface area contributed by atoms with E-state index in [0.29, 0.717) is 16.8 Å². The van der Waals surface area contributed by atoms with Crippen LogP contribution in [0.25, 0.3) is 5.69 Å². The fourth-order valence-corrected chi connectivity index (χ4v) is 3.65. The van der Waals surface area contributed by atoms with Gasteiger partial charge in [-0.1, -0.05) is 12.1 Å². The number of aromatic nitrogens is 1. The zero-order valence-corrected chi connectivity index (χ0v) is 19.2. The number of aryl methyl sites for hydroxylation is 1. The van der Waals surface area contributed by atoms with E-state index in [1.807, 2.05) is 43.5 Å². The number of nitrogens with zero attached hydrogens (tertiary/aromatic N) is 2. The molecular weight excluding hydrogens is 420 g/mol. The van der Waals surface area contributed by atoms with Crippen molar-refractivity contribution in [3.8, 4) is 5.69 Å². The first kappa shape index (κ1) is 23.5. The van der Waals surface area contributed by atoms with Crippen LogP contribution in [0.4, 0.5) is 5.69 Å². The molecular formula is C25H26N4O4.